The quantitative estimate of drug-likeness (QED) is 0.915. The third kappa shape index (κ3) is 3.49. The third-order valence-corrected chi connectivity index (χ3v) is 4.04. The number of anilines is 2. The van der Waals surface area contributed by atoms with Crippen LogP contribution in [0.25, 0.3) is 0 Å². The SMILES string of the molecule is O=C(Nc1cccc(Cl)c1N1CCOCC1)c1cc(F)ccc1F. The Morgan fingerprint density at radius 2 is 1.92 bits per heavy atom. The van der Waals surface area contributed by atoms with E-state index in [2.05, 4.69) is 5.32 Å². The number of ether oxygens (including phenoxy) is 1. The van der Waals surface area contributed by atoms with Gasteiger partial charge in [0, 0.05) is 13.1 Å². The lowest BCUT2D eigenvalue weighted by Gasteiger charge is -2.31. The minimum atomic E-state index is -0.788. The summed E-state index contributed by atoms with van der Waals surface area (Å²) in [6.07, 6.45) is 0. The van der Waals surface area contributed by atoms with Gasteiger partial charge in [0.25, 0.3) is 5.91 Å². The molecule has 0 atom stereocenters. The highest BCUT2D eigenvalue weighted by Gasteiger charge is 2.20. The molecule has 126 valence electrons. The molecule has 2 aromatic rings. The molecule has 4 nitrogen and oxygen atoms in total. The Morgan fingerprint density at radius 1 is 1.17 bits per heavy atom. The van der Waals surface area contributed by atoms with Crippen LogP contribution in [0.3, 0.4) is 0 Å². The molecule has 0 spiro atoms. The molecule has 1 N–H and O–H groups in total. The van der Waals surface area contributed by atoms with Crippen molar-refractivity contribution in [3.63, 3.8) is 0 Å². The van der Waals surface area contributed by atoms with E-state index in [1.54, 1.807) is 18.2 Å². The molecule has 1 aliphatic rings. The van der Waals surface area contributed by atoms with Gasteiger partial charge in [-0.2, -0.15) is 0 Å². The van der Waals surface area contributed by atoms with Crippen LogP contribution in [0.2, 0.25) is 5.02 Å². The molecule has 0 unspecified atom stereocenters. The molecule has 0 saturated carbocycles. The Morgan fingerprint density at radius 3 is 2.67 bits per heavy atom. The van der Waals surface area contributed by atoms with E-state index in [1.807, 2.05) is 4.90 Å². The maximum Gasteiger partial charge on any atom is 0.258 e. The Bertz CT molecular complexity index is 764. The summed E-state index contributed by atoms with van der Waals surface area (Å²) in [5.74, 6) is -2.20. The summed E-state index contributed by atoms with van der Waals surface area (Å²) in [7, 11) is 0. The lowest BCUT2D eigenvalue weighted by molar-refractivity contribution is 0.102. The van der Waals surface area contributed by atoms with Crippen molar-refractivity contribution >= 4 is 28.9 Å². The van der Waals surface area contributed by atoms with Crippen molar-refractivity contribution in [2.75, 3.05) is 36.5 Å². The fourth-order valence-corrected chi connectivity index (χ4v) is 2.88. The van der Waals surface area contributed by atoms with E-state index in [9.17, 15) is 13.6 Å². The van der Waals surface area contributed by atoms with Crippen LogP contribution in [-0.2, 0) is 4.74 Å². The zero-order valence-electron chi connectivity index (χ0n) is 12.7. The maximum absolute atomic E-state index is 13.8. The molecule has 0 aliphatic carbocycles. The monoisotopic (exact) mass is 352 g/mol. The van der Waals surface area contributed by atoms with Gasteiger partial charge in [-0.1, -0.05) is 17.7 Å². The smallest absolute Gasteiger partial charge is 0.258 e. The normalized spacial score (nSPS) is 14.5. The van der Waals surface area contributed by atoms with Gasteiger partial charge in [-0.15, -0.1) is 0 Å². The minimum absolute atomic E-state index is 0.358. The van der Waals surface area contributed by atoms with Crippen LogP contribution in [0.5, 0.6) is 0 Å². The number of morpholine rings is 1. The molecule has 1 aliphatic heterocycles. The number of carbonyl (C=O) groups excluding carboxylic acids is 1. The van der Waals surface area contributed by atoms with Crippen molar-refractivity contribution in [1.29, 1.82) is 0 Å². The number of amides is 1. The van der Waals surface area contributed by atoms with Crippen LogP contribution in [0.1, 0.15) is 10.4 Å². The van der Waals surface area contributed by atoms with Gasteiger partial charge in [0.15, 0.2) is 0 Å². The summed E-state index contributed by atoms with van der Waals surface area (Å²) in [4.78, 5) is 14.3. The number of halogens is 3. The molecule has 0 radical (unpaired) electrons. The van der Waals surface area contributed by atoms with Crippen molar-refractivity contribution in [3.8, 4) is 0 Å². The van der Waals surface area contributed by atoms with Crippen LogP contribution in [0.4, 0.5) is 20.2 Å². The van der Waals surface area contributed by atoms with Crippen LogP contribution >= 0.6 is 11.6 Å². The molecule has 1 saturated heterocycles. The lowest BCUT2D eigenvalue weighted by atomic mass is 10.1. The van der Waals surface area contributed by atoms with E-state index in [1.165, 1.54) is 0 Å². The zero-order valence-corrected chi connectivity index (χ0v) is 13.4. The first kappa shape index (κ1) is 16.7. The average molecular weight is 353 g/mol. The Hall–Kier alpha value is -2.18. The Kier molecular flexibility index (Phi) is 4.97. The highest BCUT2D eigenvalue weighted by atomic mass is 35.5. The first-order valence-corrected chi connectivity index (χ1v) is 7.81. The summed E-state index contributed by atoms with van der Waals surface area (Å²) in [5.41, 5.74) is 0.730. The van der Waals surface area contributed by atoms with Gasteiger partial charge in [0.05, 0.1) is 35.2 Å². The molecular formula is C17H15ClF2N2O2. The predicted molar refractivity (Wildman–Crippen MR) is 88.8 cm³/mol. The Balaban J connectivity index is 1.91. The van der Waals surface area contributed by atoms with Crippen molar-refractivity contribution < 1.29 is 18.3 Å². The van der Waals surface area contributed by atoms with E-state index in [-0.39, 0.29) is 5.56 Å². The number of hydrogen-bond acceptors (Lipinski definition) is 3. The van der Waals surface area contributed by atoms with Crippen LogP contribution < -0.4 is 10.2 Å². The van der Waals surface area contributed by atoms with Crippen LogP contribution in [0, 0.1) is 11.6 Å². The number of hydrogen-bond donors (Lipinski definition) is 1. The molecule has 1 amide bonds. The zero-order chi connectivity index (χ0) is 17.1. The minimum Gasteiger partial charge on any atom is -0.378 e. The maximum atomic E-state index is 13.8. The second-order valence-corrected chi connectivity index (χ2v) is 5.72. The molecule has 0 bridgehead atoms. The number of nitrogens with one attached hydrogen (secondary N) is 1. The molecule has 1 fully saturated rings. The van der Waals surface area contributed by atoms with Gasteiger partial charge in [-0.3, -0.25) is 4.79 Å². The van der Waals surface area contributed by atoms with Gasteiger partial charge in [-0.05, 0) is 30.3 Å². The largest absolute Gasteiger partial charge is 0.378 e. The van der Waals surface area contributed by atoms with E-state index >= 15 is 0 Å². The molecule has 0 aromatic heterocycles. The van der Waals surface area contributed by atoms with Crippen molar-refractivity contribution in [2.45, 2.75) is 0 Å². The van der Waals surface area contributed by atoms with Crippen LogP contribution in [0.15, 0.2) is 36.4 Å². The standard InChI is InChI=1S/C17H15ClF2N2O2/c18-13-2-1-3-15(16(13)22-6-8-24-9-7-22)21-17(23)12-10-11(19)4-5-14(12)20/h1-5,10H,6-9H2,(H,21,23). The van der Waals surface area contributed by atoms with Crippen molar-refractivity contribution in [1.82, 2.24) is 0 Å². The summed E-state index contributed by atoms with van der Waals surface area (Å²) in [6, 6.07) is 7.82. The first-order chi connectivity index (χ1) is 11.6. The van der Waals surface area contributed by atoms with Gasteiger partial charge >= 0.3 is 0 Å². The molecule has 7 heteroatoms. The predicted octanol–water partition coefficient (Wildman–Crippen LogP) is 3.71. The molecule has 3 rings (SSSR count). The molecule has 1 heterocycles. The van der Waals surface area contributed by atoms with Gasteiger partial charge in [0.2, 0.25) is 0 Å². The lowest BCUT2D eigenvalue weighted by Crippen LogP contribution is -2.37. The molecule has 2 aromatic carbocycles. The first-order valence-electron chi connectivity index (χ1n) is 7.44. The summed E-state index contributed by atoms with van der Waals surface area (Å²) in [5, 5.41) is 3.09. The van der Waals surface area contributed by atoms with Gasteiger partial charge in [0.1, 0.15) is 11.6 Å². The van der Waals surface area contributed by atoms with Crippen LogP contribution in [-0.4, -0.2) is 32.2 Å². The number of rotatable bonds is 3. The van der Waals surface area contributed by atoms with Gasteiger partial charge in [-0.25, -0.2) is 8.78 Å². The van der Waals surface area contributed by atoms with Gasteiger partial charge < -0.3 is 15.0 Å². The average Bonchev–Trinajstić information content (AvgIpc) is 2.58. The van der Waals surface area contributed by atoms with E-state index < -0.39 is 17.5 Å². The highest BCUT2D eigenvalue weighted by Crippen LogP contribution is 2.34. The number of para-hydroxylation sites is 1. The summed E-state index contributed by atoms with van der Waals surface area (Å²) in [6.45, 7) is 2.36. The number of carbonyl (C=O) groups is 1. The number of benzene rings is 2. The fraction of sp³-hybridized carbons (Fsp3) is 0.235. The topological polar surface area (TPSA) is 41.6 Å². The molecule has 24 heavy (non-hydrogen) atoms. The molecular weight excluding hydrogens is 338 g/mol. The van der Waals surface area contributed by atoms with Crippen molar-refractivity contribution in [2.24, 2.45) is 0 Å². The fourth-order valence-electron chi connectivity index (χ4n) is 2.59. The third-order valence-electron chi connectivity index (χ3n) is 3.74. The van der Waals surface area contributed by atoms with E-state index in [4.69, 9.17) is 16.3 Å². The highest BCUT2D eigenvalue weighted by molar-refractivity contribution is 6.34. The van der Waals surface area contributed by atoms with Crippen molar-refractivity contribution in [3.05, 3.63) is 58.6 Å². The second kappa shape index (κ2) is 7.15. The number of nitrogens with zero attached hydrogens (tertiary/aromatic N) is 1. The summed E-state index contributed by atoms with van der Waals surface area (Å²) < 4.78 is 32.4. The van der Waals surface area contributed by atoms with E-state index in [0.29, 0.717) is 42.7 Å². The van der Waals surface area contributed by atoms with E-state index in [0.717, 1.165) is 18.2 Å². The second-order valence-electron chi connectivity index (χ2n) is 5.31. The Labute approximate surface area is 143 Å². The summed E-state index contributed by atoms with van der Waals surface area (Å²) >= 11 is 6.28.